The molecule has 0 spiro atoms. The Labute approximate surface area is 94.0 Å². The second-order valence-corrected chi connectivity index (χ2v) is 5.56. The van der Waals surface area contributed by atoms with Crippen molar-refractivity contribution in [1.82, 2.24) is 5.32 Å². The van der Waals surface area contributed by atoms with E-state index in [-0.39, 0.29) is 0 Å². The molecule has 2 heteroatoms. The van der Waals surface area contributed by atoms with Crippen LogP contribution in [-0.2, 0) is 0 Å². The molecule has 0 aromatic rings. The average Bonchev–Trinajstić information content (AvgIpc) is 3.04. The first-order chi connectivity index (χ1) is 7.28. The largest absolute Gasteiger partial charge is 0.328 e. The first kappa shape index (κ1) is 11.4. The molecule has 1 unspecified atom stereocenters. The summed E-state index contributed by atoms with van der Waals surface area (Å²) in [4.78, 5) is 0. The Morgan fingerprint density at radius 3 is 2.33 bits per heavy atom. The molecule has 0 radical (unpaired) electrons. The highest BCUT2D eigenvalue weighted by atomic mass is 15.0. The van der Waals surface area contributed by atoms with E-state index in [2.05, 4.69) is 12.2 Å². The van der Waals surface area contributed by atoms with Crippen molar-refractivity contribution in [2.75, 3.05) is 0 Å². The van der Waals surface area contributed by atoms with E-state index in [1.807, 2.05) is 0 Å². The van der Waals surface area contributed by atoms with Crippen LogP contribution in [-0.4, -0.2) is 18.1 Å². The summed E-state index contributed by atoms with van der Waals surface area (Å²) in [5.74, 6) is 1.05. The van der Waals surface area contributed by atoms with Crippen LogP contribution >= 0.6 is 0 Å². The van der Waals surface area contributed by atoms with E-state index < -0.39 is 0 Å². The second kappa shape index (κ2) is 5.31. The normalized spacial score (nSPS) is 34.0. The van der Waals surface area contributed by atoms with Crippen LogP contribution in [0.1, 0.15) is 58.3 Å². The number of nitrogens with two attached hydrogens (primary N) is 1. The lowest BCUT2D eigenvalue weighted by atomic mass is 9.91. The molecule has 1 atom stereocenters. The van der Waals surface area contributed by atoms with Gasteiger partial charge in [0.05, 0.1) is 0 Å². The van der Waals surface area contributed by atoms with Crippen LogP contribution in [0.3, 0.4) is 0 Å². The van der Waals surface area contributed by atoms with E-state index in [1.54, 1.807) is 0 Å². The van der Waals surface area contributed by atoms with Gasteiger partial charge in [0, 0.05) is 18.1 Å². The molecule has 0 aliphatic heterocycles. The maximum absolute atomic E-state index is 5.92. The fourth-order valence-corrected chi connectivity index (χ4v) is 2.73. The summed E-state index contributed by atoms with van der Waals surface area (Å²) in [7, 11) is 0. The number of hydrogen-bond acceptors (Lipinski definition) is 2. The molecule has 2 rings (SSSR count). The number of hydrogen-bond donors (Lipinski definition) is 2. The molecule has 0 aromatic heterocycles. The van der Waals surface area contributed by atoms with Crippen molar-refractivity contribution in [1.29, 1.82) is 0 Å². The first-order valence-electron chi connectivity index (χ1n) is 6.79. The monoisotopic (exact) mass is 210 g/mol. The summed E-state index contributed by atoms with van der Waals surface area (Å²) in [6, 6.07) is 2.01. The average molecular weight is 210 g/mol. The molecule has 2 aliphatic carbocycles. The zero-order valence-corrected chi connectivity index (χ0v) is 10.0. The van der Waals surface area contributed by atoms with Crippen LogP contribution < -0.4 is 11.1 Å². The molecular formula is C13H26N2. The molecule has 2 saturated carbocycles. The molecule has 88 valence electrons. The van der Waals surface area contributed by atoms with E-state index in [4.69, 9.17) is 5.73 Å². The highest BCUT2D eigenvalue weighted by molar-refractivity contribution is 4.84. The predicted octanol–water partition coefficient (Wildman–Crippen LogP) is 2.42. The van der Waals surface area contributed by atoms with Crippen molar-refractivity contribution in [3.63, 3.8) is 0 Å². The van der Waals surface area contributed by atoms with Crippen molar-refractivity contribution in [3.05, 3.63) is 0 Å². The minimum absolute atomic E-state index is 0.478. The standard InChI is InChI=1S/C13H26N2/c1-2-12(9-10-3-4-10)15-13-7-5-11(14)6-8-13/h10-13,15H,2-9,14H2,1H3. The quantitative estimate of drug-likeness (QED) is 0.731. The lowest BCUT2D eigenvalue weighted by molar-refractivity contribution is 0.299. The molecule has 3 N–H and O–H groups in total. The molecule has 0 bridgehead atoms. The van der Waals surface area contributed by atoms with Gasteiger partial charge in [0.2, 0.25) is 0 Å². The van der Waals surface area contributed by atoms with Crippen molar-refractivity contribution in [2.45, 2.75) is 76.4 Å². The molecule has 0 saturated heterocycles. The Morgan fingerprint density at radius 1 is 1.13 bits per heavy atom. The molecule has 2 fully saturated rings. The van der Waals surface area contributed by atoms with Gasteiger partial charge in [0.15, 0.2) is 0 Å². The van der Waals surface area contributed by atoms with Gasteiger partial charge in [-0.15, -0.1) is 0 Å². The van der Waals surface area contributed by atoms with Crippen LogP contribution in [0.5, 0.6) is 0 Å². The van der Waals surface area contributed by atoms with Gasteiger partial charge in [-0.2, -0.15) is 0 Å². The summed E-state index contributed by atoms with van der Waals surface area (Å²) in [6.07, 6.45) is 10.7. The van der Waals surface area contributed by atoms with Gasteiger partial charge in [-0.25, -0.2) is 0 Å². The van der Waals surface area contributed by atoms with Crippen molar-refractivity contribution < 1.29 is 0 Å². The minimum atomic E-state index is 0.478. The summed E-state index contributed by atoms with van der Waals surface area (Å²) in [5.41, 5.74) is 5.92. The van der Waals surface area contributed by atoms with Crippen molar-refractivity contribution >= 4 is 0 Å². The van der Waals surface area contributed by atoms with E-state index in [0.717, 1.165) is 18.0 Å². The topological polar surface area (TPSA) is 38.0 Å². The highest BCUT2D eigenvalue weighted by Gasteiger charge is 2.26. The number of rotatable bonds is 5. The van der Waals surface area contributed by atoms with Gasteiger partial charge in [-0.3, -0.25) is 0 Å². The lowest BCUT2D eigenvalue weighted by Crippen LogP contribution is -2.42. The zero-order chi connectivity index (χ0) is 10.7. The summed E-state index contributed by atoms with van der Waals surface area (Å²) < 4.78 is 0. The Morgan fingerprint density at radius 2 is 1.80 bits per heavy atom. The van der Waals surface area contributed by atoms with Gasteiger partial charge >= 0.3 is 0 Å². The smallest absolute Gasteiger partial charge is 0.00708 e. The predicted molar refractivity (Wildman–Crippen MR) is 64.8 cm³/mol. The zero-order valence-electron chi connectivity index (χ0n) is 10.0. The molecule has 0 heterocycles. The number of nitrogens with one attached hydrogen (secondary N) is 1. The fraction of sp³-hybridized carbons (Fsp3) is 1.00. The van der Waals surface area contributed by atoms with E-state index in [1.165, 1.54) is 51.4 Å². The molecule has 15 heavy (non-hydrogen) atoms. The maximum Gasteiger partial charge on any atom is 0.00708 e. The van der Waals surface area contributed by atoms with E-state index in [0.29, 0.717) is 6.04 Å². The van der Waals surface area contributed by atoms with Gasteiger partial charge in [0.1, 0.15) is 0 Å². The van der Waals surface area contributed by atoms with Crippen LogP contribution in [0.2, 0.25) is 0 Å². The van der Waals surface area contributed by atoms with Crippen LogP contribution in [0.15, 0.2) is 0 Å². The van der Waals surface area contributed by atoms with Gasteiger partial charge in [-0.05, 0) is 44.4 Å². The third-order valence-electron chi connectivity index (χ3n) is 4.05. The summed E-state index contributed by atoms with van der Waals surface area (Å²) >= 11 is 0. The molecule has 0 amide bonds. The Kier molecular flexibility index (Phi) is 4.04. The minimum Gasteiger partial charge on any atom is -0.328 e. The van der Waals surface area contributed by atoms with Gasteiger partial charge < -0.3 is 11.1 Å². The highest BCUT2D eigenvalue weighted by Crippen LogP contribution is 2.34. The summed E-state index contributed by atoms with van der Waals surface area (Å²) in [5, 5.41) is 3.84. The molecular weight excluding hydrogens is 184 g/mol. The molecule has 2 nitrogen and oxygen atoms in total. The second-order valence-electron chi connectivity index (χ2n) is 5.56. The van der Waals surface area contributed by atoms with E-state index >= 15 is 0 Å². The molecule has 2 aliphatic rings. The lowest BCUT2D eigenvalue weighted by Gasteiger charge is -2.30. The Bertz CT molecular complexity index is 181. The first-order valence-corrected chi connectivity index (χ1v) is 6.79. The third-order valence-corrected chi connectivity index (χ3v) is 4.05. The third kappa shape index (κ3) is 3.76. The van der Waals surface area contributed by atoms with Crippen molar-refractivity contribution in [2.24, 2.45) is 11.7 Å². The van der Waals surface area contributed by atoms with Crippen LogP contribution in [0, 0.1) is 5.92 Å². The summed E-state index contributed by atoms with van der Waals surface area (Å²) in [6.45, 7) is 2.31. The SMILES string of the molecule is CCC(CC1CC1)NC1CCC(N)CC1. The molecule has 0 aromatic carbocycles. The van der Waals surface area contributed by atoms with Gasteiger partial charge in [-0.1, -0.05) is 19.8 Å². The fourth-order valence-electron chi connectivity index (χ4n) is 2.73. The maximum atomic E-state index is 5.92. The van der Waals surface area contributed by atoms with Gasteiger partial charge in [0.25, 0.3) is 0 Å². The Balaban J connectivity index is 1.68. The van der Waals surface area contributed by atoms with Crippen molar-refractivity contribution in [3.8, 4) is 0 Å². The van der Waals surface area contributed by atoms with E-state index in [9.17, 15) is 0 Å². The van der Waals surface area contributed by atoms with Crippen LogP contribution in [0.4, 0.5) is 0 Å². The van der Waals surface area contributed by atoms with Crippen LogP contribution in [0.25, 0.3) is 0 Å². The Hall–Kier alpha value is -0.0800.